The molecule has 19 heavy (non-hydrogen) atoms. The number of nitrogens with one attached hydrogen (secondary N) is 1. The van der Waals surface area contributed by atoms with Crippen molar-refractivity contribution < 1.29 is 29.4 Å². The topological polar surface area (TPSA) is 124 Å². The highest BCUT2D eigenvalue weighted by Crippen LogP contribution is 2.42. The van der Waals surface area contributed by atoms with Crippen LogP contribution in [0.1, 0.15) is 6.92 Å². The van der Waals surface area contributed by atoms with E-state index in [1.807, 2.05) is 0 Å². The lowest BCUT2D eigenvalue weighted by Crippen LogP contribution is -2.74. The summed E-state index contributed by atoms with van der Waals surface area (Å²) in [5, 5.41) is 20.2. The van der Waals surface area contributed by atoms with Gasteiger partial charge in [-0.2, -0.15) is 0 Å². The van der Waals surface area contributed by atoms with Crippen LogP contribution in [0.25, 0.3) is 0 Å². The second kappa shape index (κ2) is 4.41. The molecule has 2 atom stereocenters. The molecular formula is C10H12N2O6S. The van der Waals surface area contributed by atoms with E-state index in [4.69, 9.17) is 10.2 Å². The zero-order valence-corrected chi connectivity index (χ0v) is 10.8. The zero-order valence-electron chi connectivity index (χ0n) is 9.95. The molecule has 2 amide bonds. The lowest BCUT2D eigenvalue weighted by molar-refractivity contribution is -0.169. The standard InChI is InChI=1S/C10H12N2O6S/c1-4(13)11-5-6(14)12-2-10(8(15)16,9(17)18)3-19-7(5)12/h5,7H,2-3H2,1H3,(H,11,13)(H,15,16)(H,17,18)/t5?,7-/m1/s1. The minimum Gasteiger partial charge on any atom is -0.480 e. The number of fused-ring (bicyclic) bond motifs is 1. The Labute approximate surface area is 112 Å². The van der Waals surface area contributed by atoms with Crippen LogP contribution in [-0.4, -0.2) is 62.6 Å². The quantitative estimate of drug-likeness (QED) is 0.429. The number of carboxylic acid groups (broad SMARTS) is 2. The third-order valence-corrected chi connectivity index (χ3v) is 4.79. The number of aliphatic carboxylic acids is 2. The van der Waals surface area contributed by atoms with Crippen LogP contribution in [0.2, 0.25) is 0 Å². The fourth-order valence-electron chi connectivity index (χ4n) is 2.14. The molecule has 2 aliphatic rings. The van der Waals surface area contributed by atoms with Crippen molar-refractivity contribution >= 4 is 35.5 Å². The number of amides is 2. The number of carboxylic acids is 2. The smallest absolute Gasteiger partial charge is 0.323 e. The molecular weight excluding hydrogens is 276 g/mol. The highest BCUT2D eigenvalue weighted by Gasteiger charge is 2.60. The number of β-lactam (4-membered cyclic amide) rings is 1. The maximum Gasteiger partial charge on any atom is 0.323 e. The van der Waals surface area contributed by atoms with Crippen LogP contribution in [0.15, 0.2) is 0 Å². The van der Waals surface area contributed by atoms with Crippen molar-refractivity contribution in [3.8, 4) is 0 Å². The lowest BCUT2D eigenvalue weighted by atomic mass is 9.87. The van der Waals surface area contributed by atoms with Crippen molar-refractivity contribution in [2.24, 2.45) is 5.41 Å². The second-order valence-corrected chi connectivity index (χ2v) is 5.64. The molecule has 2 rings (SSSR count). The van der Waals surface area contributed by atoms with Gasteiger partial charge in [0.2, 0.25) is 11.8 Å². The average molecular weight is 288 g/mol. The number of carbonyl (C=O) groups excluding carboxylic acids is 2. The summed E-state index contributed by atoms with van der Waals surface area (Å²) < 4.78 is 0. The number of carbonyl (C=O) groups is 4. The molecule has 2 heterocycles. The molecule has 0 bridgehead atoms. The van der Waals surface area contributed by atoms with Gasteiger partial charge in [0.1, 0.15) is 11.4 Å². The van der Waals surface area contributed by atoms with Crippen molar-refractivity contribution in [3.63, 3.8) is 0 Å². The zero-order chi connectivity index (χ0) is 14.4. The molecule has 0 aromatic rings. The normalized spacial score (nSPS) is 28.1. The van der Waals surface area contributed by atoms with E-state index >= 15 is 0 Å². The van der Waals surface area contributed by atoms with Crippen molar-refractivity contribution in [1.29, 1.82) is 0 Å². The van der Waals surface area contributed by atoms with Gasteiger partial charge in [0.25, 0.3) is 0 Å². The minimum absolute atomic E-state index is 0.137. The van der Waals surface area contributed by atoms with Gasteiger partial charge in [0.15, 0.2) is 5.41 Å². The predicted molar refractivity (Wildman–Crippen MR) is 63.3 cm³/mol. The van der Waals surface area contributed by atoms with Gasteiger partial charge in [-0.25, -0.2) is 0 Å². The summed E-state index contributed by atoms with van der Waals surface area (Å²) in [5.41, 5.74) is -1.97. The van der Waals surface area contributed by atoms with Crippen LogP contribution in [0.5, 0.6) is 0 Å². The van der Waals surface area contributed by atoms with Gasteiger partial charge in [-0.3, -0.25) is 19.2 Å². The molecule has 1 unspecified atom stereocenters. The summed E-state index contributed by atoms with van der Waals surface area (Å²) in [5.74, 6) is -3.85. The molecule has 8 nitrogen and oxygen atoms in total. The molecule has 9 heteroatoms. The first-order chi connectivity index (χ1) is 8.79. The van der Waals surface area contributed by atoms with Gasteiger partial charge in [-0.1, -0.05) is 0 Å². The Balaban J connectivity index is 2.15. The second-order valence-electron chi connectivity index (χ2n) is 4.54. The first-order valence-electron chi connectivity index (χ1n) is 5.45. The molecule has 0 aromatic heterocycles. The number of thioether (sulfide) groups is 1. The summed E-state index contributed by atoms with van der Waals surface area (Å²) in [6.45, 7) is 0.909. The van der Waals surface area contributed by atoms with Crippen LogP contribution in [0.3, 0.4) is 0 Å². The molecule has 3 N–H and O–H groups in total. The third kappa shape index (κ3) is 1.93. The van der Waals surface area contributed by atoms with E-state index in [9.17, 15) is 19.2 Å². The van der Waals surface area contributed by atoms with Crippen molar-refractivity contribution in [2.75, 3.05) is 12.3 Å². The van der Waals surface area contributed by atoms with Crippen molar-refractivity contribution in [1.82, 2.24) is 10.2 Å². The van der Waals surface area contributed by atoms with E-state index in [1.165, 1.54) is 11.8 Å². The third-order valence-electron chi connectivity index (χ3n) is 3.26. The lowest BCUT2D eigenvalue weighted by Gasteiger charge is -2.52. The summed E-state index contributed by atoms with van der Waals surface area (Å²) >= 11 is 1.06. The Hall–Kier alpha value is -1.77. The number of hydrogen-bond acceptors (Lipinski definition) is 5. The minimum atomic E-state index is -1.97. The summed E-state index contributed by atoms with van der Waals surface area (Å²) in [6, 6.07) is -0.692. The maximum absolute atomic E-state index is 11.8. The Bertz CT molecular complexity index is 465. The van der Waals surface area contributed by atoms with Crippen molar-refractivity contribution in [2.45, 2.75) is 18.3 Å². The summed E-state index contributed by atoms with van der Waals surface area (Å²) in [6.07, 6.45) is 0. The average Bonchev–Trinajstić information content (AvgIpc) is 2.34. The Morgan fingerprint density at radius 3 is 2.42 bits per heavy atom. The Morgan fingerprint density at radius 2 is 1.95 bits per heavy atom. The van der Waals surface area contributed by atoms with E-state index in [2.05, 4.69) is 5.32 Å². The Morgan fingerprint density at radius 1 is 1.37 bits per heavy atom. The van der Waals surface area contributed by atoms with Crippen LogP contribution in [0.4, 0.5) is 0 Å². The molecule has 0 aliphatic carbocycles. The number of rotatable bonds is 3. The Kier molecular flexibility index (Phi) is 3.17. The first-order valence-corrected chi connectivity index (χ1v) is 6.50. The summed E-state index contributed by atoms with van der Waals surface area (Å²) in [4.78, 5) is 46.2. The maximum atomic E-state index is 11.8. The van der Waals surface area contributed by atoms with E-state index in [1.54, 1.807) is 0 Å². The molecule has 0 radical (unpaired) electrons. The van der Waals surface area contributed by atoms with Crippen LogP contribution in [-0.2, 0) is 19.2 Å². The monoisotopic (exact) mass is 288 g/mol. The van der Waals surface area contributed by atoms with E-state index in [0.29, 0.717) is 0 Å². The fraction of sp³-hybridized carbons (Fsp3) is 0.600. The number of nitrogens with zero attached hydrogens (tertiary/aromatic N) is 1. The van der Waals surface area contributed by atoms with E-state index < -0.39 is 29.3 Å². The van der Waals surface area contributed by atoms with Gasteiger partial charge in [0.05, 0.1) is 0 Å². The predicted octanol–water partition coefficient (Wildman–Crippen LogP) is -1.44. The highest BCUT2D eigenvalue weighted by atomic mass is 32.2. The SMILES string of the molecule is CC(=O)NC1C(=O)N2CC(C(=O)O)(C(=O)O)CS[C@H]12. The first kappa shape index (κ1) is 13.7. The molecule has 0 spiro atoms. The molecule has 2 fully saturated rings. The van der Waals surface area contributed by atoms with Gasteiger partial charge >= 0.3 is 11.9 Å². The largest absolute Gasteiger partial charge is 0.480 e. The highest BCUT2D eigenvalue weighted by molar-refractivity contribution is 8.00. The van der Waals surface area contributed by atoms with Gasteiger partial charge < -0.3 is 20.4 Å². The van der Waals surface area contributed by atoms with E-state index in [-0.39, 0.29) is 23.6 Å². The molecule has 0 aromatic carbocycles. The molecule has 2 saturated heterocycles. The van der Waals surface area contributed by atoms with Crippen LogP contribution >= 0.6 is 11.8 Å². The van der Waals surface area contributed by atoms with Gasteiger partial charge in [-0.15, -0.1) is 11.8 Å². The molecule has 2 aliphatic heterocycles. The summed E-state index contributed by atoms with van der Waals surface area (Å²) in [7, 11) is 0. The van der Waals surface area contributed by atoms with Gasteiger partial charge in [-0.05, 0) is 0 Å². The van der Waals surface area contributed by atoms with Crippen LogP contribution < -0.4 is 5.32 Å². The van der Waals surface area contributed by atoms with Gasteiger partial charge in [0, 0.05) is 19.2 Å². The molecule has 0 saturated carbocycles. The van der Waals surface area contributed by atoms with Crippen molar-refractivity contribution in [3.05, 3.63) is 0 Å². The fourth-order valence-corrected chi connectivity index (χ4v) is 3.67. The van der Waals surface area contributed by atoms with E-state index in [0.717, 1.165) is 11.8 Å². The molecule has 104 valence electrons. The van der Waals surface area contributed by atoms with Crippen LogP contribution in [0, 0.1) is 5.41 Å². The number of hydrogen-bond donors (Lipinski definition) is 3.